The molecule has 0 spiro atoms. The van der Waals surface area contributed by atoms with E-state index < -0.39 is 5.97 Å². The summed E-state index contributed by atoms with van der Waals surface area (Å²) in [4.78, 5) is 27.3. The molecule has 0 saturated carbocycles. The lowest BCUT2D eigenvalue weighted by Crippen LogP contribution is -2.30. The number of rotatable bonds is 6. The Morgan fingerprint density at radius 3 is 2.59 bits per heavy atom. The van der Waals surface area contributed by atoms with Gasteiger partial charge in [-0.2, -0.15) is 0 Å². The Morgan fingerprint density at radius 2 is 1.91 bits per heavy atom. The number of pyridine rings is 1. The molecule has 0 radical (unpaired) electrons. The first kappa shape index (κ1) is 15.7. The minimum Gasteiger partial charge on any atom is -0.452 e. The highest BCUT2D eigenvalue weighted by Crippen LogP contribution is 2.01. The van der Waals surface area contributed by atoms with Crippen molar-refractivity contribution in [2.75, 3.05) is 13.2 Å². The zero-order chi connectivity index (χ0) is 15.8. The van der Waals surface area contributed by atoms with Crippen LogP contribution in [0, 0.1) is 6.92 Å². The van der Waals surface area contributed by atoms with Crippen molar-refractivity contribution < 1.29 is 14.3 Å². The van der Waals surface area contributed by atoms with Gasteiger partial charge in [-0.1, -0.05) is 30.3 Å². The number of amides is 1. The van der Waals surface area contributed by atoms with Crippen LogP contribution in [0.3, 0.4) is 0 Å². The molecule has 1 amide bonds. The van der Waals surface area contributed by atoms with Gasteiger partial charge >= 0.3 is 5.97 Å². The number of aromatic nitrogens is 1. The largest absolute Gasteiger partial charge is 0.452 e. The van der Waals surface area contributed by atoms with Crippen LogP contribution < -0.4 is 5.32 Å². The number of nitrogens with zero attached hydrogens (tertiary/aromatic N) is 1. The monoisotopic (exact) mass is 298 g/mol. The SMILES string of the molecule is Cc1ccc(C(=O)OCC(=O)NCCc2ccccc2)cn1. The van der Waals surface area contributed by atoms with E-state index in [-0.39, 0.29) is 12.5 Å². The average Bonchev–Trinajstić information content (AvgIpc) is 2.54. The zero-order valence-corrected chi connectivity index (χ0v) is 12.4. The molecule has 2 aromatic rings. The van der Waals surface area contributed by atoms with Crippen molar-refractivity contribution in [2.24, 2.45) is 0 Å². The Labute approximate surface area is 129 Å². The van der Waals surface area contributed by atoms with Gasteiger partial charge in [0.2, 0.25) is 0 Å². The number of carbonyl (C=O) groups excluding carboxylic acids is 2. The van der Waals surface area contributed by atoms with Gasteiger partial charge in [0.25, 0.3) is 5.91 Å². The van der Waals surface area contributed by atoms with Crippen molar-refractivity contribution in [1.29, 1.82) is 0 Å². The maximum Gasteiger partial charge on any atom is 0.340 e. The molecule has 2 rings (SSSR count). The molecule has 5 nitrogen and oxygen atoms in total. The van der Waals surface area contributed by atoms with Gasteiger partial charge < -0.3 is 10.1 Å². The van der Waals surface area contributed by atoms with E-state index in [0.717, 1.165) is 17.7 Å². The fourth-order valence-corrected chi connectivity index (χ4v) is 1.84. The average molecular weight is 298 g/mol. The smallest absolute Gasteiger partial charge is 0.340 e. The third-order valence-electron chi connectivity index (χ3n) is 3.06. The molecule has 0 fully saturated rings. The molecule has 1 aromatic carbocycles. The Kier molecular flexibility index (Phi) is 5.65. The fraction of sp³-hybridized carbons (Fsp3) is 0.235. The Bertz CT molecular complexity index is 624. The van der Waals surface area contributed by atoms with Crippen molar-refractivity contribution >= 4 is 11.9 Å². The van der Waals surface area contributed by atoms with E-state index in [0.29, 0.717) is 12.1 Å². The number of esters is 1. The summed E-state index contributed by atoms with van der Waals surface area (Å²) < 4.78 is 4.94. The molecule has 114 valence electrons. The molecule has 0 bridgehead atoms. The molecule has 5 heteroatoms. The topological polar surface area (TPSA) is 68.3 Å². The number of hydrogen-bond acceptors (Lipinski definition) is 4. The highest BCUT2D eigenvalue weighted by atomic mass is 16.5. The maximum absolute atomic E-state index is 11.7. The minimum absolute atomic E-state index is 0.290. The van der Waals surface area contributed by atoms with Gasteiger partial charge in [-0.25, -0.2) is 4.79 Å². The first-order chi connectivity index (χ1) is 10.6. The van der Waals surface area contributed by atoms with Crippen molar-refractivity contribution in [2.45, 2.75) is 13.3 Å². The van der Waals surface area contributed by atoms with Crippen LogP contribution in [0.25, 0.3) is 0 Å². The van der Waals surface area contributed by atoms with Crippen LogP contribution >= 0.6 is 0 Å². The minimum atomic E-state index is -0.550. The number of benzene rings is 1. The second-order valence-electron chi connectivity index (χ2n) is 4.85. The van der Waals surface area contributed by atoms with E-state index in [4.69, 9.17) is 4.74 Å². The Hall–Kier alpha value is -2.69. The summed E-state index contributed by atoms with van der Waals surface area (Å²) >= 11 is 0. The summed E-state index contributed by atoms with van der Waals surface area (Å²) in [5.74, 6) is -0.866. The zero-order valence-electron chi connectivity index (χ0n) is 12.4. The third kappa shape index (κ3) is 5.01. The van der Waals surface area contributed by atoms with Crippen LogP contribution in [-0.4, -0.2) is 30.0 Å². The summed E-state index contributed by atoms with van der Waals surface area (Å²) in [6, 6.07) is 13.2. The van der Waals surface area contributed by atoms with Crippen LogP contribution in [0.5, 0.6) is 0 Å². The second-order valence-corrected chi connectivity index (χ2v) is 4.85. The van der Waals surface area contributed by atoms with Gasteiger partial charge in [0, 0.05) is 18.4 Å². The van der Waals surface area contributed by atoms with Crippen LogP contribution in [0.2, 0.25) is 0 Å². The quantitative estimate of drug-likeness (QED) is 0.827. The molecular formula is C17H18N2O3. The van der Waals surface area contributed by atoms with Crippen LogP contribution in [0.15, 0.2) is 48.7 Å². The molecule has 0 unspecified atom stereocenters. The first-order valence-corrected chi connectivity index (χ1v) is 7.05. The summed E-state index contributed by atoms with van der Waals surface area (Å²) in [6.07, 6.45) is 2.17. The highest BCUT2D eigenvalue weighted by Gasteiger charge is 2.10. The normalized spacial score (nSPS) is 10.0. The van der Waals surface area contributed by atoms with Gasteiger partial charge in [-0.05, 0) is 31.0 Å². The van der Waals surface area contributed by atoms with E-state index in [1.165, 1.54) is 6.20 Å². The lowest BCUT2D eigenvalue weighted by atomic mass is 10.1. The Balaban J connectivity index is 1.69. The van der Waals surface area contributed by atoms with Gasteiger partial charge in [0.15, 0.2) is 6.61 Å². The number of ether oxygens (including phenoxy) is 1. The van der Waals surface area contributed by atoms with Gasteiger partial charge in [0.1, 0.15) is 0 Å². The van der Waals surface area contributed by atoms with Crippen molar-refractivity contribution in [3.05, 3.63) is 65.5 Å². The summed E-state index contributed by atoms with van der Waals surface area (Å²) in [5, 5.41) is 2.72. The van der Waals surface area contributed by atoms with Crippen LogP contribution in [-0.2, 0) is 16.0 Å². The summed E-state index contributed by atoms with van der Waals surface area (Å²) in [7, 11) is 0. The maximum atomic E-state index is 11.7. The van der Waals surface area contributed by atoms with E-state index >= 15 is 0 Å². The molecule has 0 atom stereocenters. The van der Waals surface area contributed by atoms with Gasteiger partial charge in [-0.3, -0.25) is 9.78 Å². The third-order valence-corrected chi connectivity index (χ3v) is 3.06. The molecule has 0 aliphatic rings. The molecule has 0 saturated heterocycles. The summed E-state index contributed by atoms with van der Waals surface area (Å²) in [5.41, 5.74) is 2.29. The second kappa shape index (κ2) is 7.93. The predicted molar refractivity (Wildman–Crippen MR) is 82.4 cm³/mol. The molecule has 22 heavy (non-hydrogen) atoms. The fourth-order valence-electron chi connectivity index (χ4n) is 1.84. The number of aryl methyl sites for hydroxylation is 1. The van der Waals surface area contributed by atoms with Crippen molar-refractivity contribution in [3.63, 3.8) is 0 Å². The predicted octanol–water partition coefficient (Wildman–Crippen LogP) is 1.91. The lowest BCUT2D eigenvalue weighted by molar-refractivity contribution is -0.124. The van der Waals surface area contributed by atoms with Crippen LogP contribution in [0.4, 0.5) is 0 Å². The van der Waals surface area contributed by atoms with Crippen LogP contribution in [0.1, 0.15) is 21.6 Å². The summed E-state index contributed by atoms with van der Waals surface area (Å²) in [6.45, 7) is 2.04. The van der Waals surface area contributed by atoms with E-state index in [9.17, 15) is 9.59 Å². The van der Waals surface area contributed by atoms with E-state index in [2.05, 4.69) is 10.3 Å². The van der Waals surface area contributed by atoms with Crippen molar-refractivity contribution in [1.82, 2.24) is 10.3 Å². The molecular weight excluding hydrogens is 280 g/mol. The molecule has 0 aliphatic heterocycles. The van der Waals surface area contributed by atoms with E-state index in [1.807, 2.05) is 37.3 Å². The van der Waals surface area contributed by atoms with Crippen molar-refractivity contribution in [3.8, 4) is 0 Å². The standard InChI is InChI=1S/C17H18N2O3/c1-13-7-8-15(11-19-13)17(21)22-12-16(20)18-10-9-14-5-3-2-4-6-14/h2-8,11H,9-10,12H2,1H3,(H,18,20). The van der Waals surface area contributed by atoms with E-state index in [1.54, 1.807) is 12.1 Å². The van der Waals surface area contributed by atoms with Gasteiger partial charge in [-0.15, -0.1) is 0 Å². The first-order valence-electron chi connectivity index (χ1n) is 7.05. The number of hydrogen-bond donors (Lipinski definition) is 1. The number of carbonyl (C=O) groups is 2. The molecule has 1 aromatic heterocycles. The number of nitrogens with one attached hydrogen (secondary N) is 1. The molecule has 1 heterocycles. The highest BCUT2D eigenvalue weighted by molar-refractivity contribution is 5.90. The lowest BCUT2D eigenvalue weighted by Gasteiger charge is -2.06. The Morgan fingerprint density at radius 1 is 1.14 bits per heavy atom. The molecule has 1 N–H and O–H groups in total. The molecule has 0 aliphatic carbocycles. The van der Waals surface area contributed by atoms with Gasteiger partial charge in [0.05, 0.1) is 5.56 Å².